The maximum atomic E-state index is 12.5. The monoisotopic (exact) mass is 536 g/mol. The summed E-state index contributed by atoms with van der Waals surface area (Å²) in [5.41, 5.74) is 1.23. The molecule has 164 valence electrons. The van der Waals surface area contributed by atoms with E-state index in [1.54, 1.807) is 0 Å². The Morgan fingerprint density at radius 3 is 2.59 bits per heavy atom. The van der Waals surface area contributed by atoms with Gasteiger partial charge in [-0.2, -0.15) is 0 Å². The summed E-state index contributed by atoms with van der Waals surface area (Å²) >= 11 is 0. The van der Waals surface area contributed by atoms with Crippen LogP contribution in [-0.4, -0.2) is 70.8 Å². The lowest BCUT2D eigenvalue weighted by atomic mass is 9.99. The van der Waals surface area contributed by atoms with Crippen LogP contribution in [0.5, 0.6) is 0 Å². The molecule has 7 nitrogen and oxygen atoms in total. The van der Waals surface area contributed by atoms with E-state index in [4.69, 9.17) is 4.74 Å². The van der Waals surface area contributed by atoms with E-state index in [0.29, 0.717) is 32.0 Å². The highest BCUT2D eigenvalue weighted by Crippen LogP contribution is 2.29. The number of ether oxygens (including phenoxy) is 1. The van der Waals surface area contributed by atoms with E-state index in [9.17, 15) is 8.42 Å². The Bertz CT molecular complexity index is 767. The van der Waals surface area contributed by atoms with Gasteiger partial charge in [0, 0.05) is 50.8 Å². The maximum Gasteiger partial charge on any atom is 0.191 e. The molecule has 9 heteroatoms. The summed E-state index contributed by atoms with van der Waals surface area (Å²) in [6.07, 6.45) is 3.34. The largest absolute Gasteiger partial charge is 0.381 e. The van der Waals surface area contributed by atoms with Crippen LogP contribution in [0.25, 0.3) is 0 Å². The first kappa shape index (κ1) is 24.2. The number of guanidine groups is 1. The lowest BCUT2D eigenvalue weighted by Gasteiger charge is -2.34. The van der Waals surface area contributed by atoms with Crippen molar-refractivity contribution in [1.29, 1.82) is 0 Å². The number of rotatable bonds is 6. The summed E-state index contributed by atoms with van der Waals surface area (Å²) < 4.78 is 29.5. The van der Waals surface area contributed by atoms with Crippen LogP contribution < -0.4 is 15.5 Å². The van der Waals surface area contributed by atoms with Crippen molar-refractivity contribution in [3.63, 3.8) is 0 Å². The van der Waals surface area contributed by atoms with Gasteiger partial charge < -0.3 is 20.3 Å². The number of hydrogen-bond donors (Lipinski definition) is 2. The molecule has 2 aliphatic rings. The van der Waals surface area contributed by atoms with Crippen molar-refractivity contribution in [3.05, 3.63) is 30.3 Å². The average molecular weight is 536 g/mol. The zero-order chi connectivity index (χ0) is 20.0. The number of anilines is 1. The number of para-hydroxylation sites is 1. The summed E-state index contributed by atoms with van der Waals surface area (Å²) in [5, 5.41) is 6.76. The van der Waals surface area contributed by atoms with Crippen LogP contribution in [-0.2, 0) is 14.6 Å². The molecule has 1 unspecified atom stereocenters. The van der Waals surface area contributed by atoms with Crippen LogP contribution >= 0.6 is 24.0 Å². The SMILES string of the molecule is CCNC(=NCC1(S(C)(=O)=O)CCOCC1)NC1CCN(c2ccccc2)C1.I. The van der Waals surface area contributed by atoms with Crippen LogP contribution in [0.1, 0.15) is 26.2 Å². The van der Waals surface area contributed by atoms with Crippen LogP contribution in [0.2, 0.25) is 0 Å². The van der Waals surface area contributed by atoms with Gasteiger partial charge in [0.05, 0.1) is 11.3 Å². The third-order valence-corrected chi connectivity index (χ3v) is 7.82. The van der Waals surface area contributed by atoms with E-state index in [2.05, 4.69) is 44.8 Å². The molecule has 0 spiro atoms. The van der Waals surface area contributed by atoms with E-state index in [-0.39, 0.29) is 36.6 Å². The van der Waals surface area contributed by atoms with Crippen LogP contribution in [0.15, 0.2) is 35.3 Å². The summed E-state index contributed by atoms with van der Waals surface area (Å²) in [7, 11) is -3.22. The van der Waals surface area contributed by atoms with Crippen molar-refractivity contribution in [2.75, 3.05) is 50.5 Å². The number of benzene rings is 1. The summed E-state index contributed by atoms with van der Waals surface area (Å²) in [4.78, 5) is 7.04. The van der Waals surface area contributed by atoms with Crippen molar-refractivity contribution in [2.24, 2.45) is 4.99 Å². The predicted molar refractivity (Wildman–Crippen MR) is 129 cm³/mol. The van der Waals surface area contributed by atoms with Crippen molar-refractivity contribution in [2.45, 2.75) is 37.0 Å². The Balaban J connectivity index is 0.00000300. The van der Waals surface area contributed by atoms with Gasteiger partial charge in [-0.05, 0) is 38.3 Å². The zero-order valence-electron chi connectivity index (χ0n) is 17.3. The molecule has 29 heavy (non-hydrogen) atoms. The number of halogens is 1. The quantitative estimate of drug-likeness (QED) is 0.329. The van der Waals surface area contributed by atoms with E-state index >= 15 is 0 Å². The van der Waals surface area contributed by atoms with Gasteiger partial charge in [-0.25, -0.2) is 8.42 Å². The fourth-order valence-electron chi connectivity index (χ4n) is 3.88. The molecule has 0 aromatic heterocycles. The number of nitrogens with zero attached hydrogens (tertiary/aromatic N) is 2. The van der Waals surface area contributed by atoms with Gasteiger partial charge in [0.15, 0.2) is 15.8 Å². The topological polar surface area (TPSA) is 83.0 Å². The molecule has 1 aromatic carbocycles. The minimum absolute atomic E-state index is 0. The third kappa shape index (κ3) is 6.21. The Kier molecular flexibility index (Phi) is 9.02. The Hall–Kier alpha value is -1.07. The molecule has 0 aliphatic carbocycles. The maximum absolute atomic E-state index is 12.5. The summed E-state index contributed by atoms with van der Waals surface area (Å²) in [6.45, 7) is 5.85. The zero-order valence-corrected chi connectivity index (χ0v) is 20.4. The number of nitrogens with one attached hydrogen (secondary N) is 2. The first-order valence-electron chi connectivity index (χ1n) is 10.1. The molecule has 2 fully saturated rings. The standard InChI is InChI=1S/C20H32N4O3S.HI/c1-3-21-19(22-16-20(28(2,25)26)10-13-27-14-11-20)23-17-9-12-24(15-17)18-7-5-4-6-8-18;/h4-8,17H,3,9-16H2,1-2H3,(H2,21,22,23);1H. The first-order valence-corrected chi connectivity index (χ1v) is 11.9. The fourth-order valence-corrected chi connectivity index (χ4v) is 5.08. The molecule has 0 radical (unpaired) electrons. The molecule has 0 bridgehead atoms. The van der Waals surface area contributed by atoms with Crippen molar-refractivity contribution < 1.29 is 13.2 Å². The highest BCUT2D eigenvalue weighted by atomic mass is 127. The van der Waals surface area contributed by atoms with Gasteiger partial charge in [0.2, 0.25) is 0 Å². The Morgan fingerprint density at radius 1 is 1.28 bits per heavy atom. The van der Waals surface area contributed by atoms with Gasteiger partial charge in [-0.3, -0.25) is 4.99 Å². The first-order chi connectivity index (χ1) is 13.4. The lowest BCUT2D eigenvalue weighted by molar-refractivity contribution is 0.0768. The summed E-state index contributed by atoms with van der Waals surface area (Å²) in [6, 6.07) is 10.7. The molecule has 2 aliphatic heterocycles. The van der Waals surface area contributed by atoms with E-state index in [1.807, 2.05) is 13.0 Å². The third-order valence-electron chi connectivity index (χ3n) is 5.71. The predicted octanol–water partition coefficient (Wildman–Crippen LogP) is 2.03. The normalized spacial score (nSPS) is 22.1. The fraction of sp³-hybridized carbons (Fsp3) is 0.650. The average Bonchev–Trinajstić information content (AvgIpc) is 3.15. The van der Waals surface area contributed by atoms with Gasteiger partial charge in [0.25, 0.3) is 0 Å². The summed E-state index contributed by atoms with van der Waals surface area (Å²) in [5.74, 6) is 0.692. The van der Waals surface area contributed by atoms with Crippen molar-refractivity contribution >= 4 is 45.5 Å². The van der Waals surface area contributed by atoms with Crippen molar-refractivity contribution in [1.82, 2.24) is 10.6 Å². The van der Waals surface area contributed by atoms with E-state index in [1.165, 1.54) is 11.9 Å². The second kappa shape index (κ2) is 10.8. The molecular weight excluding hydrogens is 503 g/mol. The minimum Gasteiger partial charge on any atom is -0.381 e. The van der Waals surface area contributed by atoms with Crippen LogP contribution in [0.4, 0.5) is 5.69 Å². The molecule has 1 aromatic rings. The molecule has 2 saturated heterocycles. The second-order valence-corrected chi connectivity index (χ2v) is 10.1. The van der Waals surface area contributed by atoms with E-state index in [0.717, 1.165) is 26.1 Å². The van der Waals surface area contributed by atoms with Gasteiger partial charge in [-0.15, -0.1) is 24.0 Å². The van der Waals surface area contributed by atoms with Gasteiger partial charge >= 0.3 is 0 Å². The smallest absolute Gasteiger partial charge is 0.191 e. The highest BCUT2D eigenvalue weighted by molar-refractivity contribution is 14.0. The van der Waals surface area contributed by atoms with Crippen LogP contribution in [0, 0.1) is 0 Å². The Labute approximate surface area is 191 Å². The molecule has 0 saturated carbocycles. The van der Waals surface area contributed by atoms with Gasteiger partial charge in [0.1, 0.15) is 0 Å². The molecular formula is C20H33IN4O3S. The molecule has 1 atom stereocenters. The van der Waals surface area contributed by atoms with Crippen molar-refractivity contribution in [3.8, 4) is 0 Å². The molecule has 2 N–H and O–H groups in total. The van der Waals surface area contributed by atoms with Crippen LogP contribution in [0.3, 0.4) is 0 Å². The van der Waals surface area contributed by atoms with E-state index < -0.39 is 14.6 Å². The number of hydrogen-bond acceptors (Lipinski definition) is 5. The molecule has 2 heterocycles. The minimum atomic E-state index is -3.22. The second-order valence-electron chi connectivity index (χ2n) is 7.67. The van der Waals surface area contributed by atoms with Gasteiger partial charge in [-0.1, -0.05) is 18.2 Å². The molecule has 0 amide bonds. The number of aliphatic imine (C=N–C) groups is 1. The Morgan fingerprint density at radius 2 is 1.97 bits per heavy atom. The number of sulfone groups is 1. The lowest BCUT2D eigenvalue weighted by Crippen LogP contribution is -2.49. The molecule has 3 rings (SSSR count). The highest BCUT2D eigenvalue weighted by Gasteiger charge is 2.42.